The first-order valence-corrected chi connectivity index (χ1v) is 15.4. The largest absolute Gasteiger partial charge is 0.392 e. The minimum atomic E-state index is -3.81. The van der Waals surface area contributed by atoms with Crippen molar-refractivity contribution in [1.29, 1.82) is 0 Å². The topological polar surface area (TPSA) is 102 Å². The molecule has 5 aliphatic carbocycles. The summed E-state index contributed by atoms with van der Waals surface area (Å²) in [5.74, 6) is 0.662. The number of nitrogens with zero attached hydrogens (tertiary/aromatic N) is 2. The number of sulfonamides is 1. The van der Waals surface area contributed by atoms with Gasteiger partial charge in [0.25, 0.3) is 10.0 Å². The predicted molar refractivity (Wildman–Crippen MR) is 141 cm³/mol. The molecule has 5 saturated carbocycles. The van der Waals surface area contributed by atoms with E-state index >= 15 is 0 Å². The van der Waals surface area contributed by atoms with Crippen molar-refractivity contribution in [2.45, 2.75) is 76.0 Å². The monoisotopic (exact) mass is 525 g/mol. The number of benzene rings is 1. The molecule has 1 aliphatic heterocycles. The van der Waals surface area contributed by atoms with Gasteiger partial charge in [0.15, 0.2) is 0 Å². The van der Waals surface area contributed by atoms with Crippen LogP contribution in [-0.2, 0) is 10.0 Å². The first-order valence-electron chi connectivity index (χ1n) is 13.9. The number of likely N-dealkylation sites (tertiary alicyclic amines) is 1. The van der Waals surface area contributed by atoms with E-state index < -0.39 is 22.2 Å². The van der Waals surface area contributed by atoms with Crippen molar-refractivity contribution in [2.24, 2.45) is 45.0 Å². The molecule has 200 valence electrons. The van der Waals surface area contributed by atoms with Crippen molar-refractivity contribution in [1.82, 2.24) is 9.73 Å². The Labute approximate surface area is 220 Å². The molecule has 7 nitrogen and oxygen atoms in total. The number of rotatable bonds is 4. The number of fused-ring (bicyclic) bond motifs is 1. The van der Waals surface area contributed by atoms with E-state index in [-0.39, 0.29) is 39.0 Å². The number of aliphatic hydroxyl groups excluding tert-OH is 2. The van der Waals surface area contributed by atoms with Crippen molar-refractivity contribution in [3.63, 3.8) is 0 Å². The minimum absolute atomic E-state index is 0.0610. The normalized spacial score (nSPS) is 48.9. The SMILES string of the molecule is C=C1[C@H]2C[C@@]3([C@@H]1O)[C@@H](C/C2=N/NS(=O)(=O)c1ccc(C)cc1)[C@]12[C@@H]4C[C@H]3[C@H]1N(CC)C[C@]4(C)CC[C@@H]2O. The zero-order chi connectivity index (χ0) is 26.1. The second-order valence-electron chi connectivity index (χ2n) is 13.2. The number of aliphatic hydroxyl groups is 2. The van der Waals surface area contributed by atoms with Crippen molar-refractivity contribution in [3.8, 4) is 0 Å². The van der Waals surface area contributed by atoms with E-state index in [4.69, 9.17) is 0 Å². The van der Waals surface area contributed by atoms with Crippen LogP contribution in [0.3, 0.4) is 0 Å². The molecule has 1 aromatic rings. The van der Waals surface area contributed by atoms with Crippen LogP contribution in [0, 0.1) is 46.8 Å². The average molecular weight is 526 g/mol. The van der Waals surface area contributed by atoms with E-state index in [2.05, 4.69) is 35.3 Å². The van der Waals surface area contributed by atoms with Crippen molar-refractivity contribution >= 4 is 15.7 Å². The molecule has 10 atom stereocenters. The summed E-state index contributed by atoms with van der Waals surface area (Å²) in [6, 6.07) is 6.99. The molecular formula is C29H39N3O4S. The van der Waals surface area contributed by atoms with Gasteiger partial charge >= 0.3 is 0 Å². The summed E-state index contributed by atoms with van der Waals surface area (Å²) in [7, 11) is -3.81. The summed E-state index contributed by atoms with van der Waals surface area (Å²) in [6.45, 7) is 12.9. The standard InChI is InChI=1S/C29H39N3O4S/c1-5-32-15-27(4)11-10-24(33)29-22(27)12-20(25(29)32)28-14-19(17(3)26(28)34)21(13-23(28)29)30-31-37(35,36)18-8-6-16(2)7-9-18/h6-9,19-20,22-26,31,33-34H,3,5,10-15H2,1-2,4H3/b30-21-/t19-,20+,22-,23-,24+,25-,26-,27+,28+,29+/m1/s1. The molecule has 0 radical (unpaired) electrons. The molecule has 0 aromatic heterocycles. The Balaban J connectivity index is 1.32. The lowest BCUT2D eigenvalue weighted by atomic mass is 9.43. The highest BCUT2D eigenvalue weighted by molar-refractivity contribution is 7.89. The summed E-state index contributed by atoms with van der Waals surface area (Å²) in [6.07, 6.45) is 3.19. The van der Waals surface area contributed by atoms with Gasteiger partial charge in [0.2, 0.25) is 0 Å². The van der Waals surface area contributed by atoms with E-state index in [0.29, 0.717) is 18.3 Å². The molecule has 8 heteroatoms. The highest BCUT2D eigenvalue weighted by Crippen LogP contribution is 2.83. The van der Waals surface area contributed by atoms with Gasteiger partial charge in [0.05, 0.1) is 17.1 Å². The maximum atomic E-state index is 13.1. The van der Waals surface area contributed by atoms with Crippen LogP contribution in [0.1, 0.15) is 51.5 Å². The highest BCUT2D eigenvalue weighted by Gasteiger charge is 2.85. The van der Waals surface area contributed by atoms with Gasteiger partial charge in [0, 0.05) is 35.0 Å². The lowest BCUT2D eigenvalue weighted by molar-refractivity contribution is -0.206. The Kier molecular flexibility index (Phi) is 4.90. The van der Waals surface area contributed by atoms with Gasteiger partial charge in [-0.25, -0.2) is 4.83 Å². The van der Waals surface area contributed by atoms with E-state index in [1.165, 1.54) is 0 Å². The van der Waals surface area contributed by atoms with Gasteiger partial charge in [-0.05, 0) is 86.4 Å². The van der Waals surface area contributed by atoms with Crippen LogP contribution in [0.15, 0.2) is 46.4 Å². The third-order valence-corrected chi connectivity index (χ3v) is 13.2. The van der Waals surface area contributed by atoms with E-state index in [1.54, 1.807) is 24.3 Å². The Morgan fingerprint density at radius 2 is 1.95 bits per heavy atom. The van der Waals surface area contributed by atoms with Gasteiger partial charge in [-0.1, -0.05) is 38.1 Å². The number of aryl methyl sites for hydroxylation is 1. The zero-order valence-corrected chi connectivity index (χ0v) is 22.8. The fourth-order valence-corrected chi connectivity index (χ4v) is 11.6. The van der Waals surface area contributed by atoms with Gasteiger partial charge < -0.3 is 10.2 Å². The summed E-state index contributed by atoms with van der Waals surface area (Å²) >= 11 is 0. The molecule has 0 unspecified atom stereocenters. The van der Waals surface area contributed by atoms with Crippen molar-refractivity contribution in [3.05, 3.63) is 42.0 Å². The Morgan fingerprint density at radius 3 is 2.65 bits per heavy atom. The predicted octanol–water partition coefficient (Wildman–Crippen LogP) is 3.07. The third-order valence-electron chi connectivity index (χ3n) is 12.0. The maximum absolute atomic E-state index is 13.1. The number of hydrazone groups is 1. The van der Waals surface area contributed by atoms with Crippen LogP contribution in [0.4, 0.5) is 0 Å². The van der Waals surface area contributed by atoms with Gasteiger partial charge in [0.1, 0.15) is 0 Å². The number of piperidine rings is 1. The molecule has 2 spiro atoms. The molecular weight excluding hydrogens is 486 g/mol. The van der Waals surface area contributed by atoms with Crippen LogP contribution in [0.2, 0.25) is 0 Å². The van der Waals surface area contributed by atoms with Crippen molar-refractivity contribution in [2.75, 3.05) is 13.1 Å². The van der Waals surface area contributed by atoms with Crippen LogP contribution in [-0.4, -0.2) is 60.6 Å². The molecule has 0 amide bonds. The van der Waals surface area contributed by atoms with E-state index in [9.17, 15) is 18.6 Å². The molecule has 7 rings (SSSR count). The second kappa shape index (κ2) is 7.46. The van der Waals surface area contributed by atoms with Gasteiger partial charge in [-0.15, -0.1) is 0 Å². The lowest BCUT2D eigenvalue weighted by Gasteiger charge is -2.65. The molecule has 1 saturated heterocycles. The zero-order valence-electron chi connectivity index (χ0n) is 22.0. The van der Waals surface area contributed by atoms with E-state index in [0.717, 1.165) is 55.6 Å². The fourth-order valence-electron chi connectivity index (χ4n) is 10.8. The van der Waals surface area contributed by atoms with Crippen molar-refractivity contribution < 1.29 is 18.6 Å². The van der Waals surface area contributed by atoms with Crippen LogP contribution < -0.4 is 4.83 Å². The summed E-state index contributed by atoms with van der Waals surface area (Å²) in [4.78, 5) is 5.31. The third kappa shape index (κ3) is 2.73. The quantitative estimate of drug-likeness (QED) is 0.414. The molecule has 6 fully saturated rings. The van der Waals surface area contributed by atoms with Crippen LogP contribution in [0.5, 0.6) is 0 Å². The molecule has 1 aromatic carbocycles. The first-order chi connectivity index (χ1) is 17.5. The highest BCUT2D eigenvalue weighted by atomic mass is 32.2. The Hall–Kier alpha value is -1.74. The number of nitrogens with one attached hydrogen (secondary N) is 1. The molecule has 6 aliphatic rings. The minimum Gasteiger partial charge on any atom is -0.392 e. The Bertz CT molecular complexity index is 1310. The molecule has 3 N–H and O–H groups in total. The molecule has 37 heavy (non-hydrogen) atoms. The smallest absolute Gasteiger partial charge is 0.276 e. The summed E-state index contributed by atoms with van der Waals surface area (Å²) < 4.78 is 26.1. The van der Waals surface area contributed by atoms with Crippen LogP contribution in [0.25, 0.3) is 0 Å². The summed E-state index contributed by atoms with van der Waals surface area (Å²) in [5.41, 5.74) is 2.08. The van der Waals surface area contributed by atoms with Gasteiger partial charge in [-0.2, -0.15) is 13.5 Å². The fraction of sp³-hybridized carbons (Fsp3) is 0.690. The summed E-state index contributed by atoms with van der Waals surface area (Å²) in [5, 5.41) is 28.2. The Morgan fingerprint density at radius 1 is 1.22 bits per heavy atom. The van der Waals surface area contributed by atoms with Gasteiger partial charge in [-0.3, -0.25) is 4.90 Å². The van der Waals surface area contributed by atoms with Crippen LogP contribution >= 0.6 is 0 Å². The molecule has 1 heterocycles. The number of hydrogen-bond donors (Lipinski definition) is 3. The average Bonchev–Trinajstić information content (AvgIpc) is 3.39. The van der Waals surface area contributed by atoms with E-state index in [1.807, 2.05) is 6.92 Å². The maximum Gasteiger partial charge on any atom is 0.276 e. The second-order valence-corrected chi connectivity index (χ2v) is 14.9. The number of hydrogen-bond acceptors (Lipinski definition) is 6. The first kappa shape index (κ1) is 24.3. The lowest BCUT2D eigenvalue weighted by Crippen LogP contribution is -2.68. The molecule has 7 bridgehead atoms.